The van der Waals surface area contributed by atoms with Gasteiger partial charge in [0, 0.05) is 19.3 Å². The van der Waals surface area contributed by atoms with Gasteiger partial charge in [0.1, 0.15) is 5.82 Å². The molecule has 5 nitrogen and oxygen atoms in total. The van der Waals surface area contributed by atoms with Crippen LogP contribution in [0.3, 0.4) is 0 Å². The molecule has 0 unspecified atom stereocenters. The molecule has 0 bridgehead atoms. The van der Waals surface area contributed by atoms with Gasteiger partial charge in [-0.2, -0.15) is 4.98 Å². The number of aliphatic hydroxyl groups excluding tert-OH is 1. The second-order valence-corrected chi connectivity index (χ2v) is 4.56. The van der Waals surface area contributed by atoms with Crippen LogP contribution in [0.5, 0.6) is 0 Å². The van der Waals surface area contributed by atoms with Gasteiger partial charge in [0.05, 0.1) is 6.10 Å². The van der Waals surface area contributed by atoms with Crippen LogP contribution in [0.25, 0.3) is 0 Å². The first-order chi connectivity index (χ1) is 8.28. The molecule has 0 atom stereocenters. The number of rotatable bonds is 6. The van der Waals surface area contributed by atoms with Gasteiger partial charge in [-0.25, -0.2) is 4.98 Å². The Morgan fingerprint density at radius 3 is 2.94 bits per heavy atom. The number of nitrogens with zero attached hydrogens (tertiary/aromatic N) is 2. The van der Waals surface area contributed by atoms with Gasteiger partial charge in [-0.15, -0.1) is 0 Å². The Morgan fingerprint density at radius 1 is 1.41 bits per heavy atom. The molecule has 0 aromatic carbocycles. The number of nitrogens with one attached hydrogen (secondary N) is 2. The van der Waals surface area contributed by atoms with Crippen molar-refractivity contribution in [3.8, 4) is 0 Å². The fourth-order valence-corrected chi connectivity index (χ4v) is 1.90. The third kappa shape index (κ3) is 3.56. The molecule has 94 valence electrons. The predicted molar refractivity (Wildman–Crippen MR) is 68.0 cm³/mol. The average Bonchev–Trinajstić information content (AvgIpc) is 2.31. The van der Waals surface area contributed by atoms with E-state index in [-0.39, 0.29) is 6.10 Å². The topological polar surface area (TPSA) is 70.1 Å². The molecule has 1 aromatic heterocycles. The van der Waals surface area contributed by atoms with Gasteiger partial charge in [-0.3, -0.25) is 0 Å². The van der Waals surface area contributed by atoms with Gasteiger partial charge in [-0.05, 0) is 31.2 Å². The molecule has 0 saturated heterocycles. The van der Waals surface area contributed by atoms with Crippen LogP contribution in [0, 0.1) is 5.92 Å². The van der Waals surface area contributed by atoms with Crippen molar-refractivity contribution >= 4 is 11.8 Å². The largest absolute Gasteiger partial charge is 0.393 e. The summed E-state index contributed by atoms with van der Waals surface area (Å²) < 4.78 is 0. The maximum atomic E-state index is 9.19. The zero-order valence-corrected chi connectivity index (χ0v) is 10.2. The number of aliphatic hydroxyl groups is 1. The molecule has 1 fully saturated rings. The molecule has 5 heteroatoms. The fraction of sp³-hybridized carbons (Fsp3) is 0.667. The van der Waals surface area contributed by atoms with Crippen LogP contribution < -0.4 is 10.6 Å². The van der Waals surface area contributed by atoms with E-state index in [1.54, 1.807) is 6.20 Å². The van der Waals surface area contributed by atoms with Crippen LogP contribution >= 0.6 is 0 Å². The van der Waals surface area contributed by atoms with Crippen molar-refractivity contribution in [3.63, 3.8) is 0 Å². The van der Waals surface area contributed by atoms with E-state index in [1.165, 1.54) is 0 Å². The molecule has 0 aliphatic heterocycles. The lowest BCUT2D eigenvalue weighted by Gasteiger charge is -2.31. The summed E-state index contributed by atoms with van der Waals surface area (Å²) in [6, 6.07) is 1.87. The van der Waals surface area contributed by atoms with E-state index in [1.807, 2.05) is 6.07 Å². The molecule has 0 radical (unpaired) electrons. The molecule has 1 saturated carbocycles. The SMILES string of the molecule is CCCNc1nccc(NCC2CC(O)C2)n1. The summed E-state index contributed by atoms with van der Waals surface area (Å²) in [5.74, 6) is 2.09. The van der Waals surface area contributed by atoms with E-state index in [4.69, 9.17) is 0 Å². The van der Waals surface area contributed by atoms with E-state index < -0.39 is 0 Å². The first-order valence-corrected chi connectivity index (χ1v) is 6.26. The van der Waals surface area contributed by atoms with Crippen molar-refractivity contribution < 1.29 is 5.11 Å². The van der Waals surface area contributed by atoms with E-state index in [2.05, 4.69) is 27.5 Å². The number of hydrogen-bond acceptors (Lipinski definition) is 5. The first kappa shape index (κ1) is 12.1. The number of anilines is 2. The van der Waals surface area contributed by atoms with Crippen LogP contribution in [-0.4, -0.2) is 34.3 Å². The third-order valence-corrected chi connectivity index (χ3v) is 2.97. The Labute approximate surface area is 102 Å². The quantitative estimate of drug-likeness (QED) is 0.698. The highest BCUT2D eigenvalue weighted by atomic mass is 16.3. The van der Waals surface area contributed by atoms with Gasteiger partial charge < -0.3 is 15.7 Å². The van der Waals surface area contributed by atoms with Crippen LogP contribution in [0.15, 0.2) is 12.3 Å². The van der Waals surface area contributed by atoms with Crippen LogP contribution in [-0.2, 0) is 0 Å². The molecule has 1 aromatic rings. The zero-order chi connectivity index (χ0) is 12.1. The minimum absolute atomic E-state index is 0.0889. The molecule has 2 rings (SSSR count). The van der Waals surface area contributed by atoms with Crippen molar-refractivity contribution in [1.29, 1.82) is 0 Å². The minimum atomic E-state index is -0.0889. The van der Waals surface area contributed by atoms with Crippen LogP contribution in [0.2, 0.25) is 0 Å². The van der Waals surface area contributed by atoms with Crippen molar-refractivity contribution in [2.24, 2.45) is 5.92 Å². The highest BCUT2D eigenvalue weighted by molar-refractivity contribution is 5.39. The summed E-state index contributed by atoms with van der Waals surface area (Å²) in [6.45, 7) is 3.87. The first-order valence-electron chi connectivity index (χ1n) is 6.26. The molecular weight excluding hydrogens is 216 g/mol. The molecule has 1 aliphatic rings. The summed E-state index contributed by atoms with van der Waals surface area (Å²) in [5.41, 5.74) is 0. The van der Waals surface area contributed by atoms with E-state index in [0.717, 1.165) is 38.2 Å². The normalized spacial score (nSPS) is 22.9. The summed E-state index contributed by atoms with van der Waals surface area (Å²) in [5, 5.41) is 15.6. The summed E-state index contributed by atoms with van der Waals surface area (Å²) in [7, 11) is 0. The van der Waals surface area contributed by atoms with Crippen LogP contribution in [0.4, 0.5) is 11.8 Å². The third-order valence-electron chi connectivity index (χ3n) is 2.97. The van der Waals surface area contributed by atoms with Crippen molar-refractivity contribution in [1.82, 2.24) is 9.97 Å². The molecule has 0 amide bonds. The Morgan fingerprint density at radius 2 is 2.24 bits per heavy atom. The zero-order valence-electron chi connectivity index (χ0n) is 10.2. The summed E-state index contributed by atoms with van der Waals surface area (Å²) in [6.07, 6.45) is 4.52. The van der Waals surface area contributed by atoms with Crippen molar-refractivity contribution in [3.05, 3.63) is 12.3 Å². The predicted octanol–water partition coefficient (Wildman–Crippen LogP) is 1.48. The summed E-state index contributed by atoms with van der Waals surface area (Å²) in [4.78, 5) is 8.51. The maximum absolute atomic E-state index is 9.19. The van der Waals surface area contributed by atoms with Crippen molar-refractivity contribution in [2.75, 3.05) is 23.7 Å². The van der Waals surface area contributed by atoms with Gasteiger partial charge in [0.25, 0.3) is 0 Å². The molecule has 1 heterocycles. The smallest absolute Gasteiger partial charge is 0.224 e. The highest BCUT2D eigenvalue weighted by Crippen LogP contribution is 2.27. The number of hydrogen-bond donors (Lipinski definition) is 3. The lowest BCUT2D eigenvalue weighted by molar-refractivity contribution is 0.0486. The van der Waals surface area contributed by atoms with E-state index in [9.17, 15) is 5.11 Å². The molecule has 0 spiro atoms. The van der Waals surface area contributed by atoms with Gasteiger partial charge in [-0.1, -0.05) is 6.92 Å². The second-order valence-electron chi connectivity index (χ2n) is 4.56. The maximum Gasteiger partial charge on any atom is 0.224 e. The Balaban J connectivity index is 1.79. The lowest BCUT2D eigenvalue weighted by atomic mass is 9.82. The minimum Gasteiger partial charge on any atom is -0.393 e. The van der Waals surface area contributed by atoms with Gasteiger partial charge >= 0.3 is 0 Å². The second kappa shape index (κ2) is 5.82. The summed E-state index contributed by atoms with van der Waals surface area (Å²) >= 11 is 0. The number of aromatic nitrogens is 2. The molecule has 3 N–H and O–H groups in total. The Kier molecular flexibility index (Phi) is 4.14. The van der Waals surface area contributed by atoms with E-state index >= 15 is 0 Å². The average molecular weight is 236 g/mol. The highest BCUT2D eigenvalue weighted by Gasteiger charge is 2.26. The van der Waals surface area contributed by atoms with Crippen LogP contribution in [0.1, 0.15) is 26.2 Å². The standard InChI is InChI=1S/C12H20N4O/c1-2-4-13-12-14-5-3-11(16-12)15-8-9-6-10(17)7-9/h3,5,9-10,17H,2,4,6-8H2,1H3,(H2,13,14,15,16). The van der Waals surface area contributed by atoms with E-state index in [0.29, 0.717) is 11.9 Å². The molecule has 17 heavy (non-hydrogen) atoms. The molecule has 1 aliphatic carbocycles. The Bertz CT molecular complexity index is 352. The monoisotopic (exact) mass is 236 g/mol. The van der Waals surface area contributed by atoms with Crippen molar-refractivity contribution in [2.45, 2.75) is 32.3 Å². The Hall–Kier alpha value is -1.36. The fourth-order valence-electron chi connectivity index (χ4n) is 1.90. The lowest BCUT2D eigenvalue weighted by Crippen LogP contribution is -2.33. The molecular formula is C12H20N4O. The van der Waals surface area contributed by atoms with Gasteiger partial charge in [0.2, 0.25) is 5.95 Å². The van der Waals surface area contributed by atoms with Gasteiger partial charge in [0.15, 0.2) is 0 Å².